The minimum absolute atomic E-state index is 0.408. The SMILES string of the molecule is OC(CSc1ccc(Br)cc1)c1ccc(C2CCC2)cc1. The molecule has 21 heavy (non-hydrogen) atoms. The molecule has 1 nitrogen and oxygen atoms in total. The minimum atomic E-state index is -0.408. The molecule has 0 bridgehead atoms. The van der Waals surface area contributed by atoms with Crippen LogP contribution < -0.4 is 0 Å². The second kappa shape index (κ2) is 6.99. The summed E-state index contributed by atoms with van der Waals surface area (Å²) in [5, 5.41) is 10.3. The fraction of sp³-hybridized carbons (Fsp3) is 0.333. The van der Waals surface area contributed by atoms with Gasteiger partial charge >= 0.3 is 0 Å². The zero-order valence-corrected chi connectivity index (χ0v) is 14.2. The zero-order valence-electron chi connectivity index (χ0n) is 11.8. The molecule has 1 unspecified atom stereocenters. The standard InChI is InChI=1S/C18H19BrOS/c19-16-8-10-17(11-9-16)21-12-18(20)15-6-4-14(5-7-15)13-2-1-3-13/h4-11,13,18,20H,1-3,12H2. The molecule has 1 atom stereocenters. The van der Waals surface area contributed by atoms with Crippen molar-refractivity contribution < 1.29 is 5.11 Å². The van der Waals surface area contributed by atoms with Crippen molar-refractivity contribution in [2.45, 2.75) is 36.2 Å². The highest BCUT2D eigenvalue weighted by Gasteiger charge is 2.19. The molecule has 1 N–H and O–H groups in total. The Bertz CT molecular complexity index is 575. The van der Waals surface area contributed by atoms with Crippen molar-refractivity contribution in [2.24, 2.45) is 0 Å². The lowest BCUT2D eigenvalue weighted by Crippen LogP contribution is -2.09. The largest absolute Gasteiger partial charge is 0.388 e. The van der Waals surface area contributed by atoms with Crippen LogP contribution in [0.4, 0.5) is 0 Å². The molecule has 1 saturated carbocycles. The predicted molar refractivity (Wildman–Crippen MR) is 92.9 cm³/mol. The molecule has 0 amide bonds. The van der Waals surface area contributed by atoms with Crippen LogP contribution >= 0.6 is 27.7 Å². The highest BCUT2D eigenvalue weighted by molar-refractivity contribution is 9.10. The smallest absolute Gasteiger partial charge is 0.0883 e. The summed E-state index contributed by atoms with van der Waals surface area (Å²) in [6.07, 6.45) is 3.59. The molecule has 1 fully saturated rings. The molecule has 3 rings (SSSR count). The lowest BCUT2D eigenvalue weighted by atomic mass is 9.80. The van der Waals surface area contributed by atoms with E-state index in [9.17, 15) is 5.11 Å². The Kier molecular flexibility index (Phi) is 5.04. The molecule has 0 heterocycles. The molecular formula is C18H19BrOS. The first-order chi connectivity index (χ1) is 10.2. The lowest BCUT2D eigenvalue weighted by Gasteiger charge is -2.26. The van der Waals surface area contributed by atoms with Gasteiger partial charge in [-0.3, -0.25) is 0 Å². The van der Waals surface area contributed by atoms with E-state index < -0.39 is 6.10 Å². The van der Waals surface area contributed by atoms with E-state index in [-0.39, 0.29) is 0 Å². The van der Waals surface area contributed by atoms with Crippen molar-refractivity contribution in [1.82, 2.24) is 0 Å². The first-order valence-electron chi connectivity index (χ1n) is 7.38. The van der Waals surface area contributed by atoms with Crippen LogP contribution in [0.15, 0.2) is 57.9 Å². The molecule has 1 aliphatic carbocycles. The number of hydrogen-bond acceptors (Lipinski definition) is 2. The lowest BCUT2D eigenvalue weighted by molar-refractivity contribution is 0.204. The monoisotopic (exact) mass is 362 g/mol. The van der Waals surface area contributed by atoms with Gasteiger partial charge in [-0.25, -0.2) is 0 Å². The van der Waals surface area contributed by atoms with Crippen molar-refractivity contribution >= 4 is 27.7 Å². The van der Waals surface area contributed by atoms with Crippen molar-refractivity contribution in [3.8, 4) is 0 Å². The maximum atomic E-state index is 10.3. The van der Waals surface area contributed by atoms with Gasteiger partial charge < -0.3 is 5.11 Å². The quantitative estimate of drug-likeness (QED) is 0.704. The second-order valence-corrected chi connectivity index (χ2v) is 7.58. The van der Waals surface area contributed by atoms with E-state index >= 15 is 0 Å². The number of halogens is 1. The van der Waals surface area contributed by atoms with Gasteiger partial charge in [0, 0.05) is 15.1 Å². The van der Waals surface area contributed by atoms with Crippen LogP contribution in [0.5, 0.6) is 0 Å². The van der Waals surface area contributed by atoms with Gasteiger partial charge in [0.2, 0.25) is 0 Å². The summed E-state index contributed by atoms with van der Waals surface area (Å²) >= 11 is 5.12. The molecule has 0 spiro atoms. The van der Waals surface area contributed by atoms with Gasteiger partial charge in [-0.2, -0.15) is 0 Å². The highest BCUT2D eigenvalue weighted by atomic mass is 79.9. The van der Waals surface area contributed by atoms with Crippen LogP contribution in [0.2, 0.25) is 0 Å². The fourth-order valence-electron chi connectivity index (χ4n) is 2.53. The number of rotatable bonds is 5. The summed E-state index contributed by atoms with van der Waals surface area (Å²) in [5.74, 6) is 1.44. The average Bonchev–Trinajstić information content (AvgIpc) is 2.45. The van der Waals surface area contributed by atoms with E-state index in [0.717, 1.165) is 16.0 Å². The summed E-state index contributed by atoms with van der Waals surface area (Å²) in [4.78, 5) is 1.18. The molecular weight excluding hydrogens is 344 g/mol. The first kappa shape index (κ1) is 15.1. The van der Waals surface area contributed by atoms with Gasteiger partial charge in [-0.15, -0.1) is 11.8 Å². The molecule has 0 aliphatic heterocycles. The number of aliphatic hydroxyl groups is 1. The van der Waals surface area contributed by atoms with Crippen molar-refractivity contribution in [1.29, 1.82) is 0 Å². The van der Waals surface area contributed by atoms with Gasteiger partial charge in [0.25, 0.3) is 0 Å². The highest BCUT2D eigenvalue weighted by Crippen LogP contribution is 2.36. The molecule has 110 valence electrons. The first-order valence-corrected chi connectivity index (χ1v) is 9.16. The maximum absolute atomic E-state index is 10.3. The average molecular weight is 363 g/mol. The Balaban J connectivity index is 1.56. The zero-order chi connectivity index (χ0) is 14.7. The maximum Gasteiger partial charge on any atom is 0.0883 e. The fourth-order valence-corrected chi connectivity index (χ4v) is 3.67. The Hall–Kier alpha value is -0.770. The van der Waals surface area contributed by atoms with Crippen LogP contribution in [-0.4, -0.2) is 10.9 Å². The summed E-state index contributed by atoms with van der Waals surface area (Å²) in [6, 6.07) is 16.7. The van der Waals surface area contributed by atoms with E-state index in [4.69, 9.17) is 0 Å². The van der Waals surface area contributed by atoms with E-state index in [1.165, 1.54) is 29.7 Å². The Morgan fingerprint density at radius 1 is 1.05 bits per heavy atom. The van der Waals surface area contributed by atoms with Crippen LogP contribution in [0.3, 0.4) is 0 Å². The van der Waals surface area contributed by atoms with Crippen molar-refractivity contribution in [2.75, 3.05) is 5.75 Å². The third-order valence-corrected chi connectivity index (χ3v) is 5.74. The third-order valence-electron chi connectivity index (χ3n) is 4.12. The van der Waals surface area contributed by atoms with Gasteiger partial charge in [0.05, 0.1) is 6.10 Å². The van der Waals surface area contributed by atoms with Gasteiger partial charge in [0.1, 0.15) is 0 Å². The summed E-state index contributed by atoms with van der Waals surface area (Å²) in [7, 11) is 0. The van der Waals surface area contributed by atoms with Crippen molar-refractivity contribution in [3.63, 3.8) is 0 Å². The van der Waals surface area contributed by atoms with Crippen molar-refractivity contribution in [3.05, 3.63) is 64.1 Å². The van der Waals surface area contributed by atoms with Crippen LogP contribution in [-0.2, 0) is 0 Å². The number of benzene rings is 2. The molecule has 0 radical (unpaired) electrons. The van der Waals surface area contributed by atoms with Gasteiger partial charge in [0.15, 0.2) is 0 Å². The van der Waals surface area contributed by atoms with E-state index in [2.05, 4.69) is 52.3 Å². The van der Waals surface area contributed by atoms with Crippen LogP contribution in [0.25, 0.3) is 0 Å². The van der Waals surface area contributed by atoms with Crippen LogP contribution in [0, 0.1) is 0 Å². The van der Waals surface area contributed by atoms with E-state index in [1.807, 2.05) is 12.1 Å². The molecule has 1 aliphatic rings. The molecule has 0 aromatic heterocycles. The molecule has 0 saturated heterocycles. The van der Waals surface area contributed by atoms with Gasteiger partial charge in [-0.1, -0.05) is 46.6 Å². The Labute approximate surface area is 138 Å². The minimum Gasteiger partial charge on any atom is -0.388 e. The van der Waals surface area contributed by atoms with E-state index in [0.29, 0.717) is 5.75 Å². The summed E-state index contributed by atoms with van der Waals surface area (Å²) in [6.45, 7) is 0. The molecule has 2 aromatic carbocycles. The topological polar surface area (TPSA) is 20.2 Å². The number of aliphatic hydroxyl groups excluding tert-OH is 1. The molecule has 2 aromatic rings. The van der Waals surface area contributed by atoms with E-state index in [1.54, 1.807) is 11.8 Å². The normalized spacial score (nSPS) is 16.5. The second-order valence-electron chi connectivity index (χ2n) is 5.58. The summed E-state index contributed by atoms with van der Waals surface area (Å²) < 4.78 is 1.08. The molecule has 3 heteroatoms. The van der Waals surface area contributed by atoms with Gasteiger partial charge in [-0.05, 0) is 54.2 Å². The Morgan fingerprint density at radius 2 is 1.71 bits per heavy atom. The third kappa shape index (κ3) is 3.91. The number of hydrogen-bond donors (Lipinski definition) is 1. The van der Waals surface area contributed by atoms with Crippen LogP contribution in [0.1, 0.15) is 42.4 Å². The summed E-state index contributed by atoms with van der Waals surface area (Å²) in [5.41, 5.74) is 2.44. The predicted octanol–water partition coefficient (Wildman–Crippen LogP) is 5.54. The number of thioether (sulfide) groups is 1. The Morgan fingerprint density at radius 3 is 2.29 bits per heavy atom.